The van der Waals surface area contributed by atoms with Gasteiger partial charge in [0.2, 0.25) is 0 Å². The van der Waals surface area contributed by atoms with Crippen molar-refractivity contribution in [1.29, 1.82) is 0 Å². The van der Waals surface area contributed by atoms with E-state index >= 15 is 0 Å². The van der Waals surface area contributed by atoms with Gasteiger partial charge < -0.3 is 5.73 Å². The van der Waals surface area contributed by atoms with E-state index in [1.807, 2.05) is 6.92 Å². The van der Waals surface area contributed by atoms with Crippen LogP contribution < -0.4 is 10.5 Å². The summed E-state index contributed by atoms with van der Waals surface area (Å²) >= 11 is 3.31. The van der Waals surface area contributed by atoms with E-state index in [-0.39, 0.29) is 4.90 Å². The fourth-order valence-corrected chi connectivity index (χ4v) is 3.54. The number of nitrogens with two attached hydrogens (primary N) is 1. The summed E-state index contributed by atoms with van der Waals surface area (Å²) in [6.07, 6.45) is 0. The Balaban J connectivity index is 2.43. The summed E-state index contributed by atoms with van der Waals surface area (Å²) in [5.41, 5.74) is 8.18. The topological polar surface area (TPSA) is 72.2 Å². The maximum absolute atomic E-state index is 12.4. The molecule has 0 unspecified atom stereocenters. The molecule has 0 atom stereocenters. The van der Waals surface area contributed by atoms with Gasteiger partial charge in [-0.3, -0.25) is 4.72 Å². The predicted molar refractivity (Wildman–Crippen MR) is 85.3 cm³/mol. The molecule has 0 heterocycles. The quantitative estimate of drug-likeness (QED) is 0.829. The molecule has 0 saturated carbocycles. The monoisotopic (exact) mass is 354 g/mol. The lowest BCUT2D eigenvalue weighted by Crippen LogP contribution is -2.15. The molecule has 0 bridgehead atoms. The minimum Gasteiger partial charge on any atom is -0.398 e. The Kier molecular flexibility index (Phi) is 4.06. The van der Waals surface area contributed by atoms with E-state index in [0.29, 0.717) is 16.9 Å². The van der Waals surface area contributed by atoms with Gasteiger partial charge in [-0.2, -0.15) is 0 Å². The predicted octanol–water partition coefficient (Wildman–Crippen LogP) is 3.45. The van der Waals surface area contributed by atoms with Crippen molar-refractivity contribution in [1.82, 2.24) is 0 Å². The fourth-order valence-electron chi connectivity index (χ4n) is 1.86. The Bertz CT molecular complexity index is 741. The standard InChI is InChI=1S/C14H15BrN2O2S/c1-9-7-13(16)10(2)14(8-9)20(18,19)17-12-5-3-11(15)4-6-12/h3-8,17H,16H2,1-2H3. The van der Waals surface area contributed by atoms with Crippen molar-refractivity contribution < 1.29 is 8.42 Å². The van der Waals surface area contributed by atoms with Crippen LogP contribution in [0.3, 0.4) is 0 Å². The second kappa shape index (κ2) is 5.46. The van der Waals surface area contributed by atoms with Crippen LogP contribution in [0.15, 0.2) is 45.8 Å². The molecule has 106 valence electrons. The smallest absolute Gasteiger partial charge is 0.262 e. The number of aryl methyl sites for hydroxylation is 1. The molecule has 0 aromatic heterocycles. The van der Waals surface area contributed by atoms with Crippen LogP contribution in [0.1, 0.15) is 11.1 Å². The van der Waals surface area contributed by atoms with Crippen molar-refractivity contribution >= 4 is 37.3 Å². The van der Waals surface area contributed by atoms with Gasteiger partial charge in [0.1, 0.15) is 0 Å². The Labute approximate surface area is 127 Å². The molecule has 0 fully saturated rings. The van der Waals surface area contributed by atoms with Gasteiger partial charge in [0.05, 0.1) is 4.90 Å². The SMILES string of the molecule is Cc1cc(N)c(C)c(S(=O)(=O)Nc2ccc(Br)cc2)c1. The van der Waals surface area contributed by atoms with Crippen LogP contribution in [-0.2, 0) is 10.0 Å². The highest BCUT2D eigenvalue weighted by molar-refractivity contribution is 9.10. The number of rotatable bonds is 3. The normalized spacial score (nSPS) is 11.3. The van der Waals surface area contributed by atoms with Gasteiger partial charge in [-0.15, -0.1) is 0 Å². The molecule has 0 amide bonds. The van der Waals surface area contributed by atoms with Gasteiger partial charge in [0.15, 0.2) is 0 Å². The third-order valence-corrected chi connectivity index (χ3v) is 4.97. The van der Waals surface area contributed by atoms with Crippen molar-refractivity contribution in [3.8, 4) is 0 Å². The summed E-state index contributed by atoms with van der Waals surface area (Å²) < 4.78 is 28.3. The number of benzene rings is 2. The van der Waals surface area contributed by atoms with Gasteiger partial charge in [0, 0.05) is 15.8 Å². The lowest BCUT2D eigenvalue weighted by Gasteiger charge is -2.13. The first-order valence-corrected chi connectivity index (χ1v) is 8.22. The Morgan fingerprint density at radius 1 is 1.10 bits per heavy atom. The Hall–Kier alpha value is -1.53. The number of hydrogen-bond donors (Lipinski definition) is 2. The molecule has 20 heavy (non-hydrogen) atoms. The van der Waals surface area contributed by atoms with E-state index in [9.17, 15) is 8.42 Å². The summed E-state index contributed by atoms with van der Waals surface area (Å²) in [6, 6.07) is 10.3. The third-order valence-electron chi connectivity index (χ3n) is 2.93. The number of sulfonamides is 1. The molecule has 4 nitrogen and oxygen atoms in total. The Morgan fingerprint density at radius 3 is 2.30 bits per heavy atom. The number of nitrogens with one attached hydrogen (secondary N) is 1. The highest BCUT2D eigenvalue weighted by Gasteiger charge is 2.18. The molecule has 6 heteroatoms. The average molecular weight is 355 g/mol. The molecule has 0 aliphatic carbocycles. The highest BCUT2D eigenvalue weighted by atomic mass is 79.9. The zero-order chi connectivity index (χ0) is 14.9. The van der Waals surface area contributed by atoms with Crippen molar-refractivity contribution in [2.24, 2.45) is 0 Å². The second-order valence-corrected chi connectivity index (χ2v) is 7.16. The molecular weight excluding hydrogens is 340 g/mol. The summed E-state index contributed by atoms with van der Waals surface area (Å²) in [5.74, 6) is 0. The van der Waals surface area contributed by atoms with Gasteiger partial charge in [-0.25, -0.2) is 8.42 Å². The molecule has 3 N–H and O–H groups in total. The summed E-state index contributed by atoms with van der Waals surface area (Å²) in [4.78, 5) is 0.206. The van der Waals surface area contributed by atoms with E-state index in [0.717, 1.165) is 10.0 Å². The third kappa shape index (κ3) is 3.13. The zero-order valence-electron chi connectivity index (χ0n) is 11.1. The molecular formula is C14H15BrN2O2S. The minimum absolute atomic E-state index is 0.206. The van der Waals surface area contributed by atoms with Crippen molar-refractivity contribution in [3.05, 3.63) is 52.0 Å². The second-order valence-electron chi connectivity index (χ2n) is 4.59. The van der Waals surface area contributed by atoms with E-state index < -0.39 is 10.0 Å². The van der Waals surface area contributed by atoms with Gasteiger partial charge in [0.25, 0.3) is 10.0 Å². The summed E-state index contributed by atoms with van der Waals surface area (Å²) in [5, 5.41) is 0. The summed E-state index contributed by atoms with van der Waals surface area (Å²) in [6.45, 7) is 3.51. The van der Waals surface area contributed by atoms with Crippen LogP contribution in [-0.4, -0.2) is 8.42 Å². The lowest BCUT2D eigenvalue weighted by molar-refractivity contribution is 0.600. The van der Waals surface area contributed by atoms with E-state index in [1.165, 1.54) is 0 Å². The number of nitrogen functional groups attached to an aromatic ring is 1. The first-order valence-electron chi connectivity index (χ1n) is 5.95. The van der Waals surface area contributed by atoms with Crippen LogP contribution in [0, 0.1) is 13.8 Å². The molecule has 0 aliphatic heterocycles. The maximum Gasteiger partial charge on any atom is 0.262 e. The molecule has 2 aromatic carbocycles. The number of halogens is 1. The largest absolute Gasteiger partial charge is 0.398 e. The molecule has 0 spiro atoms. The van der Waals surface area contributed by atoms with Gasteiger partial charge >= 0.3 is 0 Å². The van der Waals surface area contributed by atoms with Crippen LogP contribution in [0.2, 0.25) is 0 Å². The summed E-state index contributed by atoms with van der Waals surface area (Å²) in [7, 11) is -3.65. The average Bonchev–Trinajstić information content (AvgIpc) is 2.36. The molecule has 2 aromatic rings. The van der Waals surface area contributed by atoms with Crippen molar-refractivity contribution in [3.63, 3.8) is 0 Å². The molecule has 0 radical (unpaired) electrons. The van der Waals surface area contributed by atoms with Gasteiger partial charge in [-0.05, 0) is 61.4 Å². The van der Waals surface area contributed by atoms with Crippen LogP contribution >= 0.6 is 15.9 Å². The molecule has 2 rings (SSSR count). The van der Waals surface area contributed by atoms with Gasteiger partial charge in [-0.1, -0.05) is 15.9 Å². The Morgan fingerprint density at radius 2 is 1.70 bits per heavy atom. The zero-order valence-corrected chi connectivity index (χ0v) is 13.5. The molecule has 0 saturated heterocycles. The maximum atomic E-state index is 12.4. The van der Waals surface area contributed by atoms with E-state index in [4.69, 9.17) is 5.73 Å². The number of anilines is 2. The van der Waals surface area contributed by atoms with Crippen LogP contribution in [0.25, 0.3) is 0 Å². The highest BCUT2D eigenvalue weighted by Crippen LogP contribution is 2.25. The van der Waals surface area contributed by atoms with E-state index in [1.54, 1.807) is 43.3 Å². The number of hydrogen-bond acceptors (Lipinski definition) is 3. The molecule has 0 aliphatic rings. The van der Waals surface area contributed by atoms with Crippen molar-refractivity contribution in [2.45, 2.75) is 18.7 Å². The minimum atomic E-state index is -3.65. The van der Waals surface area contributed by atoms with E-state index in [2.05, 4.69) is 20.7 Å². The lowest BCUT2D eigenvalue weighted by atomic mass is 10.1. The first kappa shape index (κ1) is 14.9. The van der Waals surface area contributed by atoms with Crippen LogP contribution in [0.4, 0.5) is 11.4 Å². The van der Waals surface area contributed by atoms with Crippen LogP contribution in [0.5, 0.6) is 0 Å². The first-order chi connectivity index (χ1) is 9.29. The fraction of sp³-hybridized carbons (Fsp3) is 0.143. The van der Waals surface area contributed by atoms with Crippen molar-refractivity contribution in [2.75, 3.05) is 10.5 Å².